The first-order chi connectivity index (χ1) is 31.1. The van der Waals surface area contributed by atoms with Gasteiger partial charge in [0.15, 0.2) is 0 Å². The number of alkyl halides is 3. The van der Waals surface area contributed by atoms with Gasteiger partial charge in [0.25, 0.3) is 0 Å². The molecule has 8 heteroatoms. The van der Waals surface area contributed by atoms with Crippen LogP contribution in [0, 0.1) is 32.1 Å². The zero-order valence-corrected chi connectivity index (χ0v) is 34.2. The van der Waals surface area contributed by atoms with Crippen molar-refractivity contribution in [2.24, 2.45) is 5.41 Å². The van der Waals surface area contributed by atoms with Crippen LogP contribution >= 0.6 is 0 Å². The zero-order valence-electron chi connectivity index (χ0n) is 39.8. The molecular weight excluding hydrogens is 920 g/mol. The first-order valence-electron chi connectivity index (χ1n) is 22.3. The summed E-state index contributed by atoms with van der Waals surface area (Å²) in [5.74, 6) is 0. The molecule has 0 saturated heterocycles. The number of benzene rings is 5. The van der Waals surface area contributed by atoms with Crippen molar-refractivity contribution in [3.05, 3.63) is 181 Å². The largest absolute Gasteiger partial charge is 0.500 e. The van der Waals surface area contributed by atoms with Crippen LogP contribution in [0.1, 0.15) is 47.1 Å². The molecule has 0 atom stereocenters. The standard InChI is InChI=1S/C31H22F3N2O.C20H18N.Ir/c1-30(2,31(32,33)34)16-19-10-14-26(35-17-19)21-12-15-27(36-18-21)25-9-5-8-23-24-13-11-20-6-3-4-7-22(20)28(24)37-29(23)25;1-14-9-10-20(21-13-14)19-12-18(15(2)11-16(19)3)17-7-5-4-6-8-17;/h3-8,10-15,17-18H,16H2,1-2H3;4-13H,3H2,1-2H3;/q2*-1;/i16D2;1D3,2D3;. The molecule has 0 amide bonds. The Hall–Kier alpha value is -6.08. The van der Waals surface area contributed by atoms with Crippen LogP contribution in [0.2, 0.25) is 0 Å². The molecule has 5 aromatic carbocycles. The van der Waals surface area contributed by atoms with Crippen molar-refractivity contribution in [2.45, 2.75) is 40.1 Å². The predicted octanol–water partition coefficient (Wildman–Crippen LogP) is 14.0. The number of rotatable bonds is 6. The van der Waals surface area contributed by atoms with Crippen molar-refractivity contribution >= 4 is 32.7 Å². The molecule has 0 saturated carbocycles. The van der Waals surface area contributed by atoms with Gasteiger partial charge >= 0.3 is 6.18 Å². The minimum Gasteiger partial charge on any atom is -0.500 e. The van der Waals surface area contributed by atoms with Crippen LogP contribution < -0.4 is 0 Å². The minimum atomic E-state index is -4.72. The normalized spacial score (nSPS) is 14.3. The molecule has 0 aliphatic rings. The first-order valence-corrected chi connectivity index (χ1v) is 18.3. The Morgan fingerprint density at radius 1 is 0.678 bits per heavy atom. The van der Waals surface area contributed by atoms with Crippen LogP contribution in [-0.4, -0.2) is 21.1 Å². The summed E-state index contributed by atoms with van der Waals surface area (Å²) in [6, 6.07) is 41.4. The zero-order chi connectivity index (χ0) is 47.4. The quantitative estimate of drug-likeness (QED) is 0.156. The van der Waals surface area contributed by atoms with Gasteiger partial charge in [0, 0.05) is 71.7 Å². The Balaban J connectivity index is 0.000000210. The Morgan fingerprint density at radius 3 is 2.10 bits per heavy atom. The number of fused-ring (bicyclic) bond motifs is 5. The number of aromatic nitrogens is 3. The molecule has 4 aromatic heterocycles. The predicted molar refractivity (Wildman–Crippen MR) is 229 cm³/mol. The molecule has 59 heavy (non-hydrogen) atoms. The van der Waals surface area contributed by atoms with Gasteiger partial charge in [-0.15, -0.1) is 29.8 Å². The van der Waals surface area contributed by atoms with Gasteiger partial charge in [0.2, 0.25) is 0 Å². The molecule has 4 nitrogen and oxygen atoms in total. The fraction of sp³-hybridized carbons (Fsp3) is 0.137. The second-order valence-electron chi connectivity index (χ2n) is 14.3. The fourth-order valence-electron chi connectivity index (χ4n) is 6.72. The number of hydrogen-bond donors (Lipinski definition) is 0. The van der Waals surface area contributed by atoms with E-state index in [1.165, 1.54) is 24.4 Å². The summed E-state index contributed by atoms with van der Waals surface area (Å²) in [5.41, 5.74) is 4.70. The number of pyridine rings is 3. The minimum absolute atomic E-state index is 0. The summed E-state index contributed by atoms with van der Waals surface area (Å²) < 4.78 is 109. The molecular formula is C51H40F3IrN3O-2. The van der Waals surface area contributed by atoms with Crippen LogP contribution in [0.5, 0.6) is 0 Å². The van der Waals surface area contributed by atoms with E-state index in [0.29, 0.717) is 50.5 Å². The van der Waals surface area contributed by atoms with Gasteiger partial charge in [0.05, 0.1) is 16.7 Å². The Kier molecular flexibility index (Phi) is 8.99. The van der Waals surface area contributed by atoms with Gasteiger partial charge < -0.3 is 9.40 Å². The molecule has 0 aliphatic carbocycles. The van der Waals surface area contributed by atoms with Crippen LogP contribution in [0.3, 0.4) is 0 Å². The average Bonchev–Trinajstić information content (AvgIpc) is 3.68. The first kappa shape index (κ1) is 31.9. The van der Waals surface area contributed by atoms with Crippen LogP contribution in [0.15, 0.2) is 150 Å². The van der Waals surface area contributed by atoms with E-state index < -0.39 is 31.7 Å². The molecule has 9 rings (SSSR count). The Bertz CT molecular complexity index is 3210. The van der Waals surface area contributed by atoms with E-state index >= 15 is 0 Å². The third-order valence-electron chi connectivity index (χ3n) is 9.94. The molecule has 297 valence electrons. The maximum Gasteiger partial charge on any atom is 0.394 e. The van der Waals surface area contributed by atoms with Crippen LogP contribution in [0.25, 0.3) is 77.6 Å². The molecule has 4 heterocycles. The van der Waals surface area contributed by atoms with Crippen molar-refractivity contribution in [1.82, 2.24) is 15.0 Å². The van der Waals surface area contributed by atoms with Gasteiger partial charge in [-0.2, -0.15) is 31.7 Å². The molecule has 0 unspecified atom stereocenters. The summed E-state index contributed by atoms with van der Waals surface area (Å²) in [7, 11) is 0. The van der Waals surface area contributed by atoms with Gasteiger partial charge in [-0.25, -0.2) is 0 Å². The van der Waals surface area contributed by atoms with E-state index in [2.05, 4.69) is 40.1 Å². The van der Waals surface area contributed by atoms with E-state index in [4.69, 9.17) is 15.4 Å². The summed E-state index contributed by atoms with van der Waals surface area (Å²) in [6.45, 7) is 1.18. The monoisotopic (exact) mass is 968 g/mol. The smallest absolute Gasteiger partial charge is 0.394 e. The van der Waals surface area contributed by atoms with Crippen molar-refractivity contribution < 1.29 is 48.7 Å². The summed E-state index contributed by atoms with van der Waals surface area (Å²) in [6.07, 6.45) is -3.28. The third kappa shape index (κ3) is 8.43. The van der Waals surface area contributed by atoms with Crippen molar-refractivity contribution in [1.29, 1.82) is 0 Å². The van der Waals surface area contributed by atoms with Crippen LogP contribution in [0.4, 0.5) is 13.2 Å². The summed E-state index contributed by atoms with van der Waals surface area (Å²) in [5, 5.41) is 4.08. The van der Waals surface area contributed by atoms with Crippen LogP contribution in [-0.2, 0) is 26.5 Å². The number of halogens is 3. The second kappa shape index (κ2) is 16.6. The maximum atomic E-state index is 13.5. The molecule has 0 N–H and O–H groups in total. The molecule has 0 bridgehead atoms. The van der Waals surface area contributed by atoms with Gasteiger partial charge in [-0.05, 0) is 58.7 Å². The van der Waals surface area contributed by atoms with Gasteiger partial charge in [-0.1, -0.05) is 128 Å². The van der Waals surface area contributed by atoms with Crippen molar-refractivity contribution in [2.75, 3.05) is 0 Å². The average molecular weight is 968 g/mol. The van der Waals surface area contributed by atoms with Gasteiger partial charge in [-0.3, -0.25) is 9.97 Å². The Morgan fingerprint density at radius 2 is 1.41 bits per heavy atom. The van der Waals surface area contributed by atoms with E-state index in [0.717, 1.165) is 52.7 Å². The molecule has 9 aromatic rings. The van der Waals surface area contributed by atoms with Crippen molar-refractivity contribution in [3.63, 3.8) is 0 Å². The number of aryl methyl sites for hydroxylation is 2. The van der Waals surface area contributed by atoms with E-state index in [9.17, 15) is 13.2 Å². The molecule has 0 spiro atoms. The Labute approximate surface area is 366 Å². The topological polar surface area (TPSA) is 51.8 Å². The second-order valence-corrected chi connectivity index (χ2v) is 14.3. The van der Waals surface area contributed by atoms with E-state index in [-0.39, 0.29) is 36.8 Å². The third-order valence-corrected chi connectivity index (χ3v) is 9.94. The van der Waals surface area contributed by atoms with Crippen molar-refractivity contribution in [3.8, 4) is 44.9 Å². The van der Waals surface area contributed by atoms with Gasteiger partial charge in [0.1, 0.15) is 5.58 Å². The molecule has 1 radical (unpaired) electrons. The fourth-order valence-corrected chi connectivity index (χ4v) is 6.72. The maximum absolute atomic E-state index is 13.5. The number of furan rings is 1. The summed E-state index contributed by atoms with van der Waals surface area (Å²) >= 11 is 0. The van der Waals surface area contributed by atoms with E-state index in [1.807, 2.05) is 78.9 Å². The number of nitrogens with zero attached hydrogens (tertiary/aromatic N) is 3. The molecule has 0 aliphatic heterocycles. The number of hydrogen-bond acceptors (Lipinski definition) is 4. The summed E-state index contributed by atoms with van der Waals surface area (Å²) in [4.78, 5) is 13.1. The van der Waals surface area contributed by atoms with E-state index in [1.54, 1.807) is 24.4 Å². The SMILES string of the molecule is [2H]C([2H])([2H])c1ccc(-c2cc(-c3ccccc3)c(C([2H])([2H])[2H])cc2[CH2-])nc1.[2H]C([2H])(c1ccc(-c2ccc(-c3[c-]ccc4c3oc3c5ccccc5ccc43)nc2)nc1)C(C)(C)C(F)(F)F.[Ir]. The molecule has 0 fully saturated rings.